The van der Waals surface area contributed by atoms with E-state index >= 15 is 0 Å². The third-order valence-corrected chi connectivity index (χ3v) is 6.86. The van der Waals surface area contributed by atoms with Gasteiger partial charge in [-0.25, -0.2) is 9.37 Å². The van der Waals surface area contributed by atoms with Gasteiger partial charge in [-0.1, -0.05) is 13.3 Å². The zero-order valence-corrected chi connectivity index (χ0v) is 18.2. The van der Waals surface area contributed by atoms with Crippen LogP contribution in [0.25, 0.3) is 10.9 Å². The maximum Gasteiger partial charge on any atom is 0.212 e. The number of pyridine rings is 2. The molecular weight excluding hydrogens is 391 g/mol. The van der Waals surface area contributed by atoms with Gasteiger partial charge in [-0.2, -0.15) is 0 Å². The number of rotatable bonds is 7. The summed E-state index contributed by atoms with van der Waals surface area (Å²) >= 11 is 0. The summed E-state index contributed by atoms with van der Waals surface area (Å²) in [4.78, 5) is 21.4. The summed E-state index contributed by atoms with van der Waals surface area (Å²) in [5.41, 5.74) is 2.71. The molecule has 1 atom stereocenters. The molecule has 1 aliphatic rings. The molecule has 0 aliphatic heterocycles. The quantitative estimate of drug-likeness (QED) is 0.418. The molecule has 0 radical (unpaired) electrons. The van der Waals surface area contributed by atoms with Gasteiger partial charge in [0.2, 0.25) is 5.88 Å². The minimum absolute atomic E-state index is 0.153. The van der Waals surface area contributed by atoms with Crippen LogP contribution < -0.4 is 4.74 Å². The molecule has 1 saturated carbocycles. The molecule has 1 aliphatic carbocycles. The number of aromatic nitrogens is 2. The number of ketones is 1. The van der Waals surface area contributed by atoms with Gasteiger partial charge in [0.05, 0.1) is 12.6 Å². The van der Waals surface area contributed by atoms with E-state index in [1.54, 1.807) is 37.6 Å². The average molecular weight is 421 g/mol. The molecular formula is C26H29FN2O2. The second kappa shape index (κ2) is 9.54. The van der Waals surface area contributed by atoms with Crippen LogP contribution in [0.1, 0.15) is 67.3 Å². The molecule has 31 heavy (non-hydrogen) atoms. The van der Waals surface area contributed by atoms with Gasteiger partial charge in [0.15, 0.2) is 5.78 Å². The standard InChI is InChI=1S/C26H29FN2O2/c1-3-17(14-25(30)20-8-11-26(31-2)29-16-20)18-4-6-19(7-5-18)22-12-13-28-24-10-9-21(27)15-23(22)24/h8-13,15-19H,3-7,14H2,1-2H3/t17-,18?,19?/m1/s1. The summed E-state index contributed by atoms with van der Waals surface area (Å²) < 4.78 is 18.9. The van der Waals surface area contributed by atoms with Crippen molar-refractivity contribution < 1.29 is 13.9 Å². The van der Waals surface area contributed by atoms with Gasteiger partial charge in [-0.05, 0) is 79.3 Å². The zero-order valence-electron chi connectivity index (χ0n) is 18.2. The van der Waals surface area contributed by atoms with Crippen LogP contribution >= 0.6 is 0 Å². The number of hydrogen-bond acceptors (Lipinski definition) is 4. The Kier molecular flexibility index (Phi) is 6.59. The van der Waals surface area contributed by atoms with Crippen molar-refractivity contribution in [2.24, 2.45) is 11.8 Å². The van der Waals surface area contributed by atoms with Crippen molar-refractivity contribution in [2.45, 2.75) is 51.4 Å². The number of carbonyl (C=O) groups is 1. The zero-order chi connectivity index (χ0) is 21.8. The Hall–Kier alpha value is -2.82. The average Bonchev–Trinajstić information content (AvgIpc) is 2.82. The van der Waals surface area contributed by atoms with Crippen LogP contribution in [0, 0.1) is 17.7 Å². The summed E-state index contributed by atoms with van der Waals surface area (Å²) in [5.74, 6) is 1.80. The van der Waals surface area contributed by atoms with Crippen LogP contribution in [0.5, 0.6) is 5.88 Å². The first-order valence-electron chi connectivity index (χ1n) is 11.2. The second-order valence-electron chi connectivity index (χ2n) is 8.56. The van der Waals surface area contributed by atoms with Gasteiger partial charge < -0.3 is 4.74 Å². The topological polar surface area (TPSA) is 52.1 Å². The highest BCUT2D eigenvalue weighted by Gasteiger charge is 2.29. The lowest BCUT2D eigenvalue weighted by Crippen LogP contribution is -2.23. The van der Waals surface area contributed by atoms with E-state index in [1.165, 1.54) is 11.6 Å². The predicted molar refractivity (Wildman–Crippen MR) is 120 cm³/mol. The fourth-order valence-electron chi connectivity index (χ4n) is 5.06. The van der Waals surface area contributed by atoms with Crippen molar-refractivity contribution in [1.82, 2.24) is 9.97 Å². The molecule has 4 rings (SSSR count). The maximum absolute atomic E-state index is 13.8. The van der Waals surface area contributed by atoms with Crippen molar-refractivity contribution in [3.8, 4) is 5.88 Å². The van der Waals surface area contributed by atoms with Gasteiger partial charge in [-0.3, -0.25) is 9.78 Å². The molecule has 0 saturated heterocycles. The van der Waals surface area contributed by atoms with E-state index in [1.807, 2.05) is 12.3 Å². The Morgan fingerprint density at radius 2 is 1.94 bits per heavy atom. The SMILES string of the molecule is CC[C@H](CC(=O)c1ccc(OC)nc1)C1CCC(c2ccnc3ccc(F)cc23)CC1. The van der Waals surface area contributed by atoms with Crippen LogP contribution in [-0.4, -0.2) is 22.9 Å². The minimum atomic E-state index is -0.215. The monoisotopic (exact) mass is 420 g/mol. The van der Waals surface area contributed by atoms with E-state index in [0.29, 0.717) is 35.6 Å². The first kappa shape index (κ1) is 21.4. The molecule has 2 heterocycles. The fourth-order valence-corrected chi connectivity index (χ4v) is 5.06. The third-order valence-electron chi connectivity index (χ3n) is 6.86. The summed E-state index contributed by atoms with van der Waals surface area (Å²) in [6, 6.07) is 10.4. The molecule has 1 aromatic carbocycles. The summed E-state index contributed by atoms with van der Waals surface area (Å²) in [7, 11) is 1.57. The second-order valence-corrected chi connectivity index (χ2v) is 8.56. The number of fused-ring (bicyclic) bond motifs is 1. The molecule has 2 aromatic heterocycles. The normalized spacial score (nSPS) is 19.8. The van der Waals surface area contributed by atoms with Crippen LogP contribution in [0.3, 0.4) is 0 Å². The molecule has 0 amide bonds. The Balaban J connectivity index is 1.41. The molecule has 5 heteroatoms. The van der Waals surface area contributed by atoms with Crippen molar-refractivity contribution in [2.75, 3.05) is 7.11 Å². The first-order valence-corrected chi connectivity index (χ1v) is 11.2. The number of methoxy groups -OCH3 is 1. The highest BCUT2D eigenvalue weighted by atomic mass is 19.1. The molecule has 0 N–H and O–H groups in total. The Bertz CT molecular complexity index is 1040. The highest BCUT2D eigenvalue weighted by molar-refractivity contribution is 5.96. The third kappa shape index (κ3) is 4.76. The smallest absolute Gasteiger partial charge is 0.212 e. The lowest BCUT2D eigenvalue weighted by atomic mass is 9.71. The van der Waals surface area contributed by atoms with E-state index in [4.69, 9.17) is 4.74 Å². The maximum atomic E-state index is 13.8. The van der Waals surface area contributed by atoms with Gasteiger partial charge in [0.25, 0.3) is 0 Å². The lowest BCUT2D eigenvalue weighted by Gasteiger charge is -2.34. The number of ether oxygens (including phenoxy) is 1. The molecule has 4 nitrogen and oxygen atoms in total. The Morgan fingerprint density at radius 1 is 1.13 bits per heavy atom. The summed E-state index contributed by atoms with van der Waals surface area (Å²) in [6.45, 7) is 2.18. The van der Waals surface area contributed by atoms with E-state index in [9.17, 15) is 9.18 Å². The summed E-state index contributed by atoms with van der Waals surface area (Å²) in [5, 5.41) is 0.931. The van der Waals surface area contributed by atoms with E-state index in [2.05, 4.69) is 16.9 Å². The van der Waals surface area contributed by atoms with Crippen molar-refractivity contribution >= 4 is 16.7 Å². The molecule has 0 spiro atoms. The van der Waals surface area contributed by atoms with Crippen LogP contribution in [0.2, 0.25) is 0 Å². The number of Topliss-reactive ketones (excluding diaryl/α,β-unsaturated/α-hetero) is 1. The fraction of sp³-hybridized carbons (Fsp3) is 0.423. The van der Waals surface area contributed by atoms with Crippen molar-refractivity contribution in [3.63, 3.8) is 0 Å². The molecule has 0 bridgehead atoms. The first-order chi connectivity index (χ1) is 15.1. The van der Waals surface area contributed by atoms with Crippen LogP contribution in [0.15, 0.2) is 48.8 Å². The number of nitrogens with zero attached hydrogens (tertiary/aromatic N) is 2. The van der Waals surface area contributed by atoms with E-state index in [0.717, 1.165) is 43.0 Å². The highest BCUT2D eigenvalue weighted by Crippen LogP contribution is 2.42. The Morgan fingerprint density at radius 3 is 2.61 bits per heavy atom. The molecule has 162 valence electrons. The number of hydrogen-bond donors (Lipinski definition) is 0. The predicted octanol–water partition coefficient (Wildman–Crippen LogP) is 6.35. The number of halogens is 1. The van der Waals surface area contributed by atoms with Gasteiger partial charge in [0.1, 0.15) is 5.82 Å². The lowest BCUT2D eigenvalue weighted by molar-refractivity contribution is 0.0925. The van der Waals surface area contributed by atoms with E-state index < -0.39 is 0 Å². The Labute approximate surface area is 182 Å². The minimum Gasteiger partial charge on any atom is -0.481 e. The van der Waals surface area contributed by atoms with E-state index in [-0.39, 0.29) is 11.6 Å². The van der Waals surface area contributed by atoms with Crippen molar-refractivity contribution in [3.05, 3.63) is 65.7 Å². The van der Waals surface area contributed by atoms with Crippen LogP contribution in [-0.2, 0) is 0 Å². The number of carbonyl (C=O) groups excluding carboxylic acids is 1. The molecule has 3 aromatic rings. The molecule has 0 unspecified atom stereocenters. The number of benzene rings is 1. The van der Waals surface area contributed by atoms with Crippen molar-refractivity contribution in [1.29, 1.82) is 0 Å². The summed E-state index contributed by atoms with van der Waals surface area (Å²) in [6.07, 6.45) is 9.31. The van der Waals surface area contributed by atoms with Crippen LogP contribution in [0.4, 0.5) is 4.39 Å². The largest absolute Gasteiger partial charge is 0.481 e. The molecule has 1 fully saturated rings. The van der Waals surface area contributed by atoms with Gasteiger partial charge in [-0.15, -0.1) is 0 Å². The van der Waals surface area contributed by atoms with Gasteiger partial charge in [0, 0.05) is 35.8 Å². The van der Waals surface area contributed by atoms with Gasteiger partial charge >= 0.3 is 0 Å².